The molecule has 7 nitrogen and oxygen atoms in total. The van der Waals surface area contributed by atoms with E-state index in [2.05, 4.69) is 20.8 Å². The summed E-state index contributed by atoms with van der Waals surface area (Å²) in [5.74, 6) is -0.736. The molecule has 1 aliphatic rings. The average Bonchev–Trinajstić information content (AvgIpc) is 2.79. The summed E-state index contributed by atoms with van der Waals surface area (Å²) in [5.41, 5.74) is 1.03. The standard InChI is InChI=1S/C22H26N2O5Si/c1-4-30(5-2,6-3)29-20-19(16-12-14-18(15-13-16)24(27)28)23(22(20)26)21(25)17-10-8-7-9-11-17/h7-15,19-20H,4-6H2,1-3H3/t19-,20+/m1/s1. The van der Waals surface area contributed by atoms with Crippen LogP contribution >= 0.6 is 0 Å². The van der Waals surface area contributed by atoms with E-state index in [1.165, 1.54) is 17.0 Å². The molecule has 0 spiro atoms. The van der Waals surface area contributed by atoms with Gasteiger partial charge in [-0.2, -0.15) is 0 Å². The third-order valence-corrected chi connectivity index (χ3v) is 10.7. The molecule has 1 saturated heterocycles. The largest absolute Gasteiger partial charge is 0.403 e. The molecule has 3 rings (SSSR count). The lowest BCUT2D eigenvalue weighted by atomic mass is 9.89. The SMILES string of the molecule is CC[Si](CC)(CC)O[C@@H]1C(=O)N(C(=O)c2ccccc2)[C@@H]1c1ccc([N+](=O)[O-])cc1. The fraction of sp³-hybridized carbons (Fsp3) is 0.364. The summed E-state index contributed by atoms with van der Waals surface area (Å²) in [5, 5.41) is 11.0. The second-order valence-electron chi connectivity index (χ2n) is 7.46. The van der Waals surface area contributed by atoms with Crippen LogP contribution in [-0.2, 0) is 9.22 Å². The van der Waals surface area contributed by atoms with Gasteiger partial charge < -0.3 is 4.43 Å². The number of nitro groups is 1. The number of rotatable bonds is 8. The van der Waals surface area contributed by atoms with Crippen LogP contribution in [0.4, 0.5) is 5.69 Å². The van der Waals surface area contributed by atoms with Crippen LogP contribution in [0.25, 0.3) is 0 Å². The third-order valence-electron chi connectivity index (χ3n) is 6.04. The van der Waals surface area contributed by atoms with Gasteiger partial charge in [-0.05, 0) is 35.8 Å². The molecule has 8 heteroatoms. The van der Waals surface area contributed by atoms with Crippen LogP contribution in [-0.4, -0.2) is 36.1 Å². The third kappa shape index (κ3) is 3.93. The molecule has 0 saturated carbocycles. The average molecular weight is 427 g/mol. The van der Waals surface area contributed by atoms with Crippen molar-refractivity contribution in [1.29, 1.82) is 0 Å². The molecular formula is C22H26N2O5Si. The van der Waals surface area contributed by atoms with Crippen molar-refractivity contribution in [2.75, 3.05) is 0 Å². The van der Waals surface area contributed by atoms with E-state index >= 15 is 0 Å². The van der Waals surface area contributed by atoms with Gasteiger partial charge in [-0.25, -0.2) is 0 Å². The van der Waals surface area contributed by atoms with E-state index in [1.807, 2.05) is 0 Å². The molecular weight excluding hydrogens is 400 g/mol. The van der Waals surface area contributed by atoms with Crippen molar-refractivity contribution in [3.05, 3.63) is 75.8 Å². The van der Waals surface area contributed by atoms with Crippen molar-refractivity contribution in [2.45, 2.75) is 51.0 Å². The number of likely N-dealkylation sites (tertiary alicyclic amines) is 1. The van der Waals surface area contributed by atoms with E-state index in [0.717, 1.165) is 18.1 Å². The highest BCUT2D eigenvalue weighted by molar-refractivity contribution is 6.73. The Morgan fingerprint density at radius 2 is 1.60 bits per heavy atom. The zero-order valence-corrected chi connectivity index (χ0v) is 18.4. The van der Waals surface area contributed by atoms with Crippen molar-refractivity contribution in [2.24, 2.45) is 0 Å². The van der Waals surface area contributed by atoms with Crippen molar-refractivity contribution in [1.82, 2.24) is 4.90 Å². The maximum absolute atomic E-state index is 13.1. The number of non-ortho nitro benzene ring substituents is 1. The molecule has 0 unspecified atom stereocenters. The van der Waals surface area contributed by atoms with Crippen molar-refractivity contribution < 1.29 is 18.9 Å². The molecule has 2 atom stereocenters. The molecule has 2 amide bonds. The molecule has 2 aromatic carbocycles. The minimum Gasteiger partial charge on any atom is -0.403 e. The molecule has 2 aromatic rings. The smallest absolute Gasteiger partial charge is 0.269 e. The molecule has 0 N–H and O–H groups in total. The summed E-state index contributed by atoms with van der Waals surface area (Å²) in [6.07, 6.45) is -0.745. The molecule has 1 aliphatic heterocycles. The Balaban J connectivity index is 1.97. The Labute approximate surface area is 176 Å². The second kappa shape index (κ2) is 8.89. The minimum atomic E-state index is -2.11. The summed E-state index contributed by atoms with van der Waals surface area (Å²) in [6, 6.07) is 16.7. The number of β-lactam (4-membered cyclic amide) rings is 1. The normalized spacial score (nSPS) is 18.8. The predicted octanol–water partition coefficient (Wildman–Crippen LogP) is 4.71. The van der Waals surface area contributed by atoms with Crippen LogP contribution in [0.5, 0.6) is 0 Å². The number of carbonyl (C=O) groups is 2. The number of hydrogen-bond acceptors (Lipinski definition) is 5. The summed E-state index contributed by atoms with van der Waals surface area (Å²) in [7, 11) is -2.11. The number of imide groups is 1. The first-order valence-corrected chi connectivity index (χ1v) is 12.7. The minimum absolute atomic E-state index is 0.0396. The number of carbonyl (C=O) groups excluding carboxylic acids is 2. The Bertz CT molecular complexity index is 920. The zero-order chi connectivity index (χ0) is 21.9. The lowest BCUT2D eigenvalue weighted by Gasteiger charge is -2.48. The van der Waals surface area contributed by atoms with E-state index < -0.39 is 25.4 Å². The molecule has 0 aromatic heterocycles. The molecule has 1 heterocycles. The van der Waals surface area contributed by atoms with Gasteiger partial charge in [-0.1, -0.05) is 51.1 Å². The molecule has 0 aliphatic carbocycles. The zero-order valence-electron chi connectivity index (χ0n) is 17.4. The highest BCUT2D eigenvalue weighted by Gasteiger charge is 2.54. The quantitative estimate of drug-likeness (QED) is 0.200. The molecule has 0 bridgehead atoms. The number of nitro benzene ring substituents is 1. The highest BCUT2D eigenvalue weighted by atomic mass is 28.4. The van der Waals surface area contributed by atoms with E-state index in [1.54, 1.807) is 42.5 Å². The fourth-order valence-corrected chi connectivity index (χ4v) is 6.68. The summed E-state index contributed by atoms with van der Waals surface area (Å²) in [6.45, 7) is 6.24. The van der Waals surface area contributed by atoms with E-state index in [9.17, 15) is 19.7 Å². The van der Waals surface area contributed by atoms with Crippen LogP contribution in [0.1, 0.15) is 42.7 Å². The van der Waals surface area contributed by atoms with Gasteiger partial charge in [-0.15, -0.1) is 0 Å². The van der Waals surface area contributed by atoms with Crippen molar-refractivity contribution >= 4 is 25.8 Å². The number of hydrogen-bond donors (Lipinski definition) is 0. The predicted molar refractivity (Wildman–Crippen MR) is 116 cm³/mol. The first-order valence-electron chi connectivity index (χ1n) is 10.2. The Morgan fingerprint density at radius 3 is 2.10 bits per heavy atom. The van der Waals surface area contributed by atoms with Gasteiger partial charge in [0, 0.05) is 17.7 Å². The monoisotopic (exact) mass is 426 g/mol. The molecule has 158 valence electrons. The van der Waals surface area contributed by atoms with Gasteiger partial charge in [0.25, 0.3) is 17.5 Å². The molecule has 0 radical (unpaired) electrons. The van der Waals surface area contributed by atoms with Gasteiger partial charge in [0.15, 0.2) is 14.4 Å². The van der Waals surface area contributed by atoms with Gasteiger partial charge in [0.1, 0.15) is 0 Å². The Morgan fingerprint density at radius 1 is 1.03 bits per heavy atom. The maximum atomic E-state index is 13.1. The van der Waals surface area contributed by atoms with Crippen molar-refractivity contribution in [3.63, 3.8) is 0 Å². The molecule has 30 heavy (non-hydrogen) atoms. The fourth-order valence-electron chi connectivity index (χ4n) is 3.91. The number of benzene rings is 2. The van der Waals surface area contributed by atoms with Crippen LogP contribution < -0.4 is 0 Å². The summed E-state index contributed by atoms with van der Waals surface area (Å²) in [4.78, 5) is 37.9. The van der Waals surface area contributed by atoms with Crippen LogP contribution in [0, 0.1) is 10.1 Å². The van der Waals surface area contributed by atoms with Gasteiger partial charge in [-0.3, -0.25) is 24.6 Å². The van der Waals surface area contributed by atoms with Crippen LogP contribution in [0.2, 0.25) is 18.1 Å². The Hall–Kier alpha value is -2.84. The van der Waals surface area contributed by atoms with Crippen molar-refractivity contribution in [3.8, 4) is 0 Å². The van der Waals surface area contributed by atoms with Crippen LogP contribution in [0.3, 0.4) is 0 Å². The van der Waals surface area contributed by atoms with E-state index in [4.69, 9.17) is 4.43 Å². The maximum Gasteiger partial charge on any atom is 0.269 e. The lowest BCUT2D eigenvalue weighted by molar-refractivity contribution is -0.384. The Kier molecular flexibility index (Phi) is 6.48. The highest BCUT2D eigenvalue weighted by Crippen LogP contribution is 2.41. The lowest BCUT2D eigenvalue weighted by Crippen LogP contribution is -2.64. The summed E-state index contributed by atoms with van der Waals surface area (Å²) >= 11 is 0. The van der Waals surface area contributed by atoms with E-state index in [-0.39, 0.29) is 17.5 Å². The molecule has 1 fully saturated rings. The number of nitrogens with zero attached hydrogens (tertiary/aromatic N) is 2. The van der Waals surface area contributed by atoms with Gasteiger partial charge >= 0.3 is 0 Å². The first kappa shape index (κ1) is 21.9. The van der Waals surface area contributed by atoms with Gasteiger partial charge in [0.05, 0.1) is 11.0 Å². The van der Waals surface area contributed by atoms with Crippen LogP contribution in [0.15, 0.2) is 54.6 Å². The van der Waals surface area contributed by atoms with E-state index in [0.29, 0.717) is 11.1 Å². The topological polar surface area (TPSA) is 89.8 Å². The first-order chi connectivity index (χ1) is 14.4. The van der Waals surface area contributed by atoms with Gasteiger partial charge in [0.2, 0.25) is 0 Å². The number of amides is 2. The second-order valence-corrected chi connectivity index (χ2v) is 12.2. The summed E-state index contributed by atoms with van der Waals surface area (Å²) < 4.78 is 6.46.